The Bertz CT molecular complexity index is 878. The highest BCUT2D eigenvalue weighted by molar-refractivity contribution is 5.78. The number of benzene rings is 1. The molecule has 1 fully saturated rings. The lowest BCUT2D eigenvalue weighted by atomic mass is 9.94. The standard InChI is InChI=1S/C23H34F3N3O3/c1-21(2,3)32-20(30)28(6)12-14-8-7-9-29(13-14)18-16(27)10-15-11-22(4,5)31-19(15)17(18)23(24,25)26/h10,14H,7-9,11-13,27H2,1-6H3/t14-/m0/s1. The molecule has 1 saturated heterocycles. The molecule has 0 spiro atoms. The van der Waals surface area contributed by atoms with E-state index in [1.54, 1.807) is 52.6 Å². The molecule has 0 bridgehead atoms. The molecule has 1 aromatic carbocycles. The summed E-state index contributed by atoms with van der Waals surface area (Å²) in [5, 5.41) is 0. The first-order valence-electron chi connectivity index (χ1n) is 11.0. The van der Waals surface area contributed by atoms with Crippen LogP contribution in [0.4, 0.5) is 29.3 Å². The second-order valence-electron chi connectivity index (χ2n) is 10.5. The van der Waals surface area contributed by atoms with Gasteiger partial charge in [0.15, 0.2) is 0 Å². The number of carbonyl (C=O) groups excluding carboxylic acids is 1. The number of nitrogens with zero attached hydrogens (tertiary/aromatic N) is 2. The number of anilines is 2. The number of alkyl halides is 3. The normalized spacial score (nSPS) is 20.5. The van der Waals surface area contributed by atoms with Crippen LogP contribution in [0.5, 0.6) is 5.75 Å². The second kappa shape index (κ2) is 8.23. The van der Waals surface area contributed by atoms with Crippen LogP contribution in [0.1, 0.15) is 58.6 Å². The molecular weight excluding hydrogens is 423 g/mol. The summed E-state index contributed by atoms with van der Waals surface area (Å²) < 4.78 is 53.8. The largest absolute Gasteiger partial charge is 0.487 e. The van der Waals surface area contributed by atoms with Gasteiger partial charge in [-0.3, -0.25) is 0 Å². The maximum atomic E-state index is 14.2. The summed E-state index contributed by atoms with van der Waals surface area (Å²) in [5.74, 6) is -0.118. The summed E-state index contributed by atoms with van der Waals surface area (Å²) in [5.41, 5.74) is 4.66. The summed E-state index contributed by atoms with van der Waals surface area (Å²) in [6.45, 7) is 10.1. The average Bonchev–Trinajstić information content (AvgIpc) is 2.91. The van der Waals surface area contributed by atoms with Crippen molar-refractivity contribution in [3.63, 3.8) is 0 Å². The lowest BCUT2D eigenvalue weighted by molar-refractivity contribution is -0.138. The molecule has 1 amide bonds. The van der Waals surface area contributed by atoms with E-state index in [0.717, 1.165) is 6.42 Å². The summed E-state index contributed by atoms with van der Waals surface area (Å²) in [7, 11) is 1.65. The van der Waals surface area contributed by atoms with Crippen LogP contribution in [0.15, 0.2) is 6.07 Å². The summed E-state index contributed by atoms with van der Waals surface area (Å²) in [4.78, 5) is 15.5. The van der Waals surface area contributed by atoms with Crippen molar-refractivity contribution in [2.75, 3.05) is 37.3 Å². The Morgan fingerprint density at radius 3 is 2.59 bits per heavy atom. The Kier molecular flexibility index (Phi) is 6.25. The third-order valence-electron chi connectivity index (χ3n) is 5.71. The first-order valence-corrected chi connectivity index (χ1v) is 11.0. The van der Waals surface area contributed by atoms with Gasteiger partial charge in [0.2, 0.25) is 0 Å². The molecule has 2 N–H and O–H groups in total. The van der Waals surface area contributed by atoms with E-state index in [2.05, 4.69) is 0 Å². The van der Waals surface area contributed by atoms with E-state index in [4.69, 9.17) is 15.2 Å². The number of fused-ring (bicyclic) bond motifs is 1. The highest BCUT2D eigenvalue weighted by Crippen LogP contribution is 2.52. The maximum absolute atomic E-state index is 14.2. The molecule has 32 heavy (non-hydrogen) atoms. The Labute approximate surface area is 187 Å². The molecule has 0 aromatic heterocycles. The fourth-order valence-electron chi connectivity index (χ4n) is 4.58. The molecule has 3 rings (SSSR count). The number of piperidine rings is 1. The zero-order valence-electron chi connectivity index (χ0n) is 19.7. The van der Waals surface area contributed by atoms with Crippen LogP contribution >= 0.6 is 0 Å². The average molecular weight is 458 g/mol. The molecule has 1 atom stereocenters. The predicted molar refractivity (Wildman–Crippen MR) is 118 cm³/mol. The van der Waals surface area contributed by atoms with Crippen LogP contribution in [0, 0.1) is 5.92 Å². The SMILES string of the molecule is CN(C[C@@H]1CCCN(c2c(N)cc3c(c2C(F)(F)F)OC(C)(C)C3)C1)C(=O)OC(C)(C)C. The van der Waals surface area contributed by atoms with Gasteiger partial charge in [-0.1, -0.05) is 0 Å². The molecule has 2 aliphatic heterocycles. The van der Waals surface area contributed by atoms with Crippen LogP contribution in [0.3, 0.4) is 0 Å². The molecule has 2 heterocycles. The number of amides is 1. The zero-order chi connectivity index (χ0) is 24.1. The fourth-order valence-corrected chi connectivity index (χ4v) is 4.58. The third kappa shape index (κ3) is 5.35. The third-order valence-corrected chi connectivity index (χ3v) is 5.71. The fraction of sp³-hybridized carbons (Fsp3) is 0.696. The monoisotopic (exact) mass is 457 g/mol. The quantitative estimate of drug-likeness (QED) is 0.641. The van der Waals surface area contributed by atoms with Gasteiger partial charge in [-0.2, -0.15) is 13.2 Å². The highest BCUT2D eigenvalue weighted by Gasteiger charge is 2.45. The van der Waals surface area contributed by atoms with Gasteiger partial charge in [-0.05, 0) is 59.4 Å². The molecule has 9 heteroatoms. The molecule has 6 nitrogen and oxygen atoms in total. The molecule has 180 valence electrons. The van der Waals surface area contributed by atoms with Gasteiger partial charge in [0.25, 0.3) is 0 Å². The summed E-state index contributed by atoms with van der Waals surface area (Å²) in [6, 6.07) is 1.62. The van der Waals surface area contributed by atoms with Crippen molar-refractivity contribution in [1.82, 2.24) is 4.90 Å². The van der Waals surface area contributed by atoms with E-state index in [1.165, 1.54) is 4.90 Å². The van der Waals surface area contributed by atoms with Gasteiger partial charge in [-0.25, -0.2) is 4.79 Å². The number of ether oxygens (including phenoxy) is 2. The van der Waals surface area contributed by atoms with Crippen molar-refractivity contribution >= 4 is 17.5 Å². The van der Waals surface area contributed by atoms with Crippen molar-refractivity contribution in [2.45, 2.75) is 71.3 Å². The van der Waals surface area contributed by atoms with Crippen molar-refractivity contribution in [2.24, 2.45) is 5.92 Å². The minimum Gasteiger partial charge on any atom is -0.487 e. The zero-order valence-corrected chi connectivity index (χ0v) is 19.7. The smallest absolute Gasteiger partial charge is 0.422 e. The molecular formula is C23H34F3N3O3. The Morgan fingerprint density at radius 2 is 2.00 bits per heavy atom. The van der Waals surface area contributed by atoms with Crippen LogP contribution in [-0.2, 0) is 17.3 Å². The van der Waals surface area contributed by atoms with Gasteiger partial charge in [0, 0.05) is 38.7 Å². The second-order valence-corrected chi connectivity index (χ2v) is 10.5. The van der Waals surface area contributed by atoms with Crippen molar-refractivity contribution in [3.05, 3.63) is 17.2 Å². The van der Waals surface area contributed by atoms with Gasteiger partial charge < -0.3 is 25.0 Å². The molecule has 2 aliphatic rings. The number of nitrogen functional groups attached to an aromatic ring is 1. The predicted octanol–water partition coefficient (Wildman–Crippen LogP) is 5.08. The maximum Gasteiger partial charge on any atom is 0.422 e. The van der Waals surface area contributed by atoms with Crippen LogP contribution in [-0.4, -0.2) is 48.9 Å². The lowest BCUT2D eigenvalue weighted by Gasteiger charge is -2.38. The van der Waals surface area contributed by atoms with Crippen LogP contribution in [0.2, 0.25) is 0 Å². The minimum absolute atomic E-state index is 0.00707. The molecule has 0 aliphatic carbocycles. The Hall–Kier alpha value is -2.32. The molecule has 0 radical (unpaired) electrons. The Balaban J connectivity index is 1.86. The van der Waals surface area contributed by atoms with Crippen molar-refractivity contribution in [3.8, 4) is 5.75 Å². The first kappa shape index (κ1) is 24.3. The molecule has 0 saturated carbocycles. The highest BCUT2D eigenvalue weighted by atomic mass is 19.4. The van der Waals surface area contributed by atoms with Crippen molar-refractivity contribution in [1.29, 1.82) is 0 Å². The number of hydrogen-bond donors (Lipinski definition) is 1. The van der Waals surface area contributed by atoms with E-state index in [9.17, 15) is 18.0 Å². The van der Waals surface area contributed by atoms with Crippen molar-refractivity contribution < 1.29 is 27.4 Å². The number of rotatable bonds is 3. The van der Waals surface area contributed by atoms with E-state index >= 15 is 0 Å². The number of halogens is 3. The summed E-state index contributed by atoms with van der Waals surface area (Å²) in [6.07, 6.45) is -3.17. The van der Waals surface area contributed by atoms with Gasteiger partial charge in [-0.15, -0.1) is 0 Å². The number of nitrogens with two attached hydrogens (primary N) is 1. The minimum atomic E-state index is -4.60. The van der Waals surface area contributed by atoms with E-state index < -0.39 is 29.0 Å². The van der Waals surface area contributed by atoms with Crippen LogP contribution < -0.4 is 15.4 Å². The number of carbonyl (C=O) groups is 1. The van der Waals surface area contributed by atoms with Gasteiger partial charge in [0.1, 0.15) is 22.5 Å². The molecule has 1 aromatic rings. The van der Waals surface area contributed by atoms with Crippen LogP contribution in [0.25, 0.3) is 0 Å². The van der Waals surface area contributed by atoms with Gasteiger partial charge >= 0.3 is 12.3 Å². The van der Waals surface area contributed by atoms with E-state index in [-0.39, 0.29) is 23.0 Å². The first-order chi connectivity index (χ1) is 14.6. The molecule has 0 unspecified atom stereocenters. The van der Waals surface area contributed by atoms with E-state index in [1.807, 2.05) is 0 Å². The lowest BCUT2D eigenvalue weighted by Crippen LogP contribution is -2.43. The Morgan fingerprint density at radius 1 is 1.34 bits per heavy atom. The number of hydrogen-bond acceptors (Lipinski definition) is 5. The van der Waals surface area contributed by atoms with Gasteiger partial charge in [0.05, 0.1) is 11.4 Å². The summed E-state index contributed by atoms with van der Waals surface area (Å²) >= 11 is 0. The van der Waals surface area contributed by atoms with E-state index in [0.29, 0.717) is 38.0 Å². The topological polar surface area (TPSA) is 68.0 Å².